The van der Waals surface area contributed by atoms with Gasteiger partial charge < -0.3 is 14.8 Å². The second-order valence-electron chi connectivity index (χ2n) is 6.58. The van der Waals surface area contributed by atoms with Gasteiger partial charge in [0.1, 0.15) is 17.5 Å². The number of carbonyl (C=O) groups is 2. The molecule has 0 spiro atoms. The van der Waals surface area contributed by atoms with Crippen molar-refractivity contribution >= 4 is 23.3 Å². The zero-order valence-corrected chi connectivity index (χ0v) is 16.8. The molecule has 0 fully saturated rings. The van der Waals surface area contributed by atoms with Crippen molar-refractivity contribution in [1.82, 2.24) is 10.7 Å². The van der Waals surface area contributed by atoms with Crippen LogP contribution < -0.4 is 25.2 Å². The lowest BCUT2D eigenvalue weighted by Gasteiger charge is -2.31. The van der Waals surface area contributed by atoms with Crippen LogP contribution in [0, 0.1) is 0 Å². The molecule has 3 rings (SSSR count). The maximum Gasteiger partial charge on any atom is 0.288 e. The Labute approximate surface area is 169 Å². The number of hydrogen-bond acceptors (Lipinski definition) is 6. The van der Waals surface area contributed by atoms with E-state index in [1.807, 2.05) is 31.2 Å². The Morgan fingerprint density at radius 1 is 1.17 bits per heavy atom. The van der Waals surface area contributed by atoms with Crippen LogP contribution in [-0.2, 0) is 9.59 Å². The lowest BCUT2D eigenvalue weighted by atomic mass is 10.1. The highest BCUT2D eigenvalue weighted by atomic mass is 16.5. The van der Waals surface area contributed by atoms with E-state index in [1.165, 1.54) is 5.01 Å². The van der Waals surface area contributed by atoms with E-state index in [0.29, 0.717) is 17.2 Å². The van der Waals surface area contributed by atoms with E-state index >= 15 is 0 Å². The second kappa shape index (κ2) is 8.64. The molecule has 2 N–H and O–H groups in total. The van der Waals surface area contributed by atoms with Gasteiger partial charge in [-0.25, -0.2) is 10.0 Å². The number of carbonyl (C=O) groups excluding carboxylic acids is 2. The molecule has 0 saturated heterocycles. The van der Waals surface area contributed by atoms with Crippen LogP contribution >= 0.6 is 0 Å². The fraction of sp³-hybridized carbons (Fsp3) is 0.286. The first-order valence-electron chi connectivity index (χ1n) is 9.21. The third-order valence-electron chi connectivity index (χ3n) is 4.60. The molecule has 1 aliphatic rings. The van der Waals surface area contributed by atoms with E-state index in [1.54, 1.807) is 45.4 Å². The molecule has 152 valence electrons. The van der Waals surface area contributed by atoms with Crippen LogP contribution in [0.15, 0.2) is 53.5 Å². The standard InChI is InChI=1S/C21H24N4O4/c1-13(17-12-16(28-3)10-11-18(17)29-4)23-20(26)19-22-14(2)21(27)25(24-19)15-8-6-5-7-9-15/h5-14H,1-4H3,(H,22,24)(H,23,26). The van der Waals surface area contributed by atoms with Crippen molar-refractivity contribution in [2.24, 2.45) is 4.99 Å². The van der Waals surface area contributed by atoms with Crippen LogP contribution in [-0.4, -0.2) is 37.9 Å². The zero-order valence-electron chi connectivity index (χ0n) is 16.8. The molecule has 2 aromatic rings. The van der Waals surface area contributed by atoms with Gasteiger partial charge in [-0.05, 0) is 44.2 Å². The van der Waals surface area contributed by atoms with E-state index in [9.17, 15) is 9.59 Å². The number of hydrogen-bond donors (Lipinski definition) is 2. The van der Waals surface area contributed by atoms with Crippen LogP contribution in [0.3, 0.4) is 0 Å². The monoisotopic (exact) mass is 396 g/mol. The number of rotatable bonds is 6. The number of amides is 2. The molecule has 29 heavy (non-hydrogen) atoms. The van der Waals surface area contributed by atoms with Crippen molar-refractivity contribution in [2.75, 3.05) is 19.2 Å². The number of benzene rings is 2. The summed E-state index contributed by atoms with van der Waals surface area (Å²) in [6.45, 7) is 3.49. The van der Waals surface area contributed by atoms with Gasteiger partial charge in [-0.15, -0.1) is 0 Å². The molecule has 0 saturated carbocycles. The molecule has 2 aromatic carbocycles. The molecule has 2 unspecified atom stereocenters. The van der Waals surface area contributed by atoms with E-state index < -0.39 is 11.9 Å². The molecule has 0 aliphatic carbocycles. The van der Waals surface area contributed by atoms with Crippen molar-refractivity contribution in [3.8, 4) is 11.5 Å². The summed E-state index contributed by atoms with van der Waals surface area (Å²) in [5.74, 6) is 0.684. The highest BCUT2D eigenvalue weighted by Gasteiger charge is 2.31. The van der Waals surface area contributed by atoms with Crippen LogP contribution in [0.2, 0.25) is 0 Å². The first-order valence-corrected chi connectivity index (χ1v) is 9.21. The van der Waals surface area contributed by atoms with Crippen LogP contribution in [0.5, 0.6) is 11.5 Å². The quantitative estimate of drug-likeness (QED) is 0.781. The van der Waals surface area contributed by atoms with Gasteiger partial charge in [-0.3, -0.25) is 15.0 Å². The normalized spacial score (nSPS) is 17.1. The Kier molecular flexibility index (Phi) is 6.01. The Morgan fingerprint density at radius 3 is 2.55 bits per heavy atom. The first-order chi connectivity index (χ1) is 13.9. The van der Waals surface area contributed by atoms with Crippen molar-refractivity contribution in [3.05, 3.63) is 54.1 Å². The van der Waals surface area contributed by atoms with Gasteiger partial charge in [-0.2, -0.15) is 0 Å². The van der Waals surface area contributed by atoms with E-state index in [-0.39, 0.29) is 17.8 Å². The summed E-state index contributed by atoms with van der Waals surface area (Å²) in [6, 6.07) is 13.4. The lowest BCUT2D eigenvalue weighted by Crippen LogP contribution is -2.58. The minimum atomic E-state index is -0.682. The third-order valence-corrected chi connectivity index (χ3v) is 4.60. The molecule has 8 nitrogen and oxygen atoms in total. The Balaban J connectivity index is 1.80. The molecule has 1 heterocycles. The smallest absolute Gasteiger partial charge is 0.288 e. The molecular weight excluding hydrogens is 372 g/mol. The van der Waals surface area contributed by atoms with Crippen LogP contribution in [0.4, 0.5) is 5.69 Å². The summed E-state index contributed by atoms with van der Waals surface area (Å²) >= 11 is 0. The summed E-state index contributed by atoms with van der Waals surface area (Å²) in [7, 11) is 3.14. The van der Waals surface area contributed by atoms with Crippen LogP contribution in [0.1, 0.15) is 25.5 Å². The molecule has 8 heteroatoms. The average Bonchev–Trinajstić information content (AvgIpc) is 2.75. The highest BCUT2D eigenvalue weighted by molar-refractivity contribution is 6.39. The van der Waals surface area contributed by atoms with Gasteiger partial charge in [-0.1, -0.05) is 18.2 Å². The number of ether oxygens (including phenoxy) is 2. The van der Waals surface area contributed by atoms with Crippen molar-refractivity contribution in [1.29, 1.82) is 0 Å². The van der Waals surface area contributed by atoms with E-state index in [0.717, 1.165) is 5.56 Å². The number of hydrazine groups is 1. The zero-order chi connectivity index (χ0) is 21.0. The molecule has 0 radical (unpaired) electrons. The topological polar surface area (TPSA) is 92.3 Å². The van der Waals surface area contributed by atoms with Crippen molar-refractivity contribution in [2.45, 2.75) is 25.9 Å². The third kappa shape index (κ3) is 4.31. The van der Waals surface area contributed by atoms with E-state index in [2.05, 4.69) is 15.7 Å². The van der Waals surface area contributed by atoms with Gasteiger partial charge in [0.05, 0.1) is 25.9 Å². The largest absolute Gasteiger partial charge is 0.497 e. The van der Waals surface area contributed by atoms with Gasteiger partial charge >= 0.3 is 0 Å². The summed E-state index contributed by atoms with van der Waals surface area (Å²) in [4.78, 5) is 29.5. The number of methoxy groups -OCH3 is 2. The number of anilines is 1. The second-order valence-corrected chi connectivity index (χ2v) is 6.58. The van der Waals surface area contributed by atoms with Gasteiger partial charge in [0, 0.05) is 5.56 Å². The number of para-hydroxylation sites is 1. The summed E-state index contributed by atoms with van der Waals surface area (Å²) in [5.41, 5.74) is 4.22. The molecule has 2 amide bonds. The van der Waals surface area contributed by atoms with Gasteiger partial charge in [0.25, 0.3) is 11.8 Å². The highest BCUT2D eigenvalue weighted by Crippen LogP contribution is 2.29. The number of nitrogens with one attached hydrogen (secondary N) is 2. The molecular formula is C21H24N4O4. The number of nitrogens with zero attached hydrogens (tertiary/aromatic N) is 2. The maximum absolute atomic E-state index is 12.9. The number of amidine groups is 1. The van der Waals surface area contributed by atoms with Crippen molar-refractivity contribution in [3.63, 3.8) is 0 Å². The lowest BCUT2D eigenvalue weighted by molar-refractivity contribution is -0.120. The molecule has 2 atom stereocenters. The minimum Gasteiger partial charge on any atom is -0.497 e. The number of aliphatic imine (C=N–C) groups is 1. The molecule has 0 aromatic heterocycles. The minimum absolute atomic E-state index is 0.0645. The Hall–Kier alpha value is -3.55. The molecule has 0 bridgehead atoms. The fourth-order valence-corrected chi connectivity index (χ4v) is 3.02. The average molecular weight is 396 g/mol. The summed E-state index contributed by atoms with van der Waals surface area (Å²) in [5, 5.41) is 4.23. The predicted octanol–water partition coefficient (Wildman–Crippen LogP) is 2.22. The maximum atomic E-state index is 12.9. The van der Waals surface area contributed by atoms with Crippen molar-refractivity contribution < 1.29 is 19.1 Å². The Bertz CT molecular complexity index is 930. The Morgan fingerprint density at radius 2 is 1.90 bits per heavy atom. The summed E-state index contributed by atoms with van der Waals surface area (Å²) in [6.07, 6.45) is 0. The molecule has 1 aliphatic heterocycles. The fourth-order valence-electron chi connectivity index (χ4n) is 3.02. The predicted molar refractivity (Wildman–Crippen MR) is 110 cm³/mol. The van der Waals surface area contributed by atoms with E-state index in [4.69, 9.17) is 9.47 Å². The van der Waals surface area contributed by atoms with Crippen LogP contribution in [0.25, 0.3) is 0 Å². The SMILES string of the molecule is COc1ccc(OC)c(C(C)NC(=O)C2=NC(C)C(=O)N(c3ccccc3)N2)c1. The first kappa shape index (κ1) is 20.2. The van der Waals surface area contributed by atoms with Gasteiger partial charge in [0.15, 0.2) is 0 Å². The summed E-state index contributed by atoms with van der Waals surface area (Å²) < 4.78 is 10.7. The van der Waals surface area contributed by atoms with Gasteiger partial charge in [0.2, 0.25) is 5.84 Å².